The monoisotopic (exact) mass is 272 g/mol. The highest BCUT2D eigenvalue weighted by Crippen LogP contribution is 2.24. The molecular weight excluding hydrogens is 252 g/mol. The third-order valence-corrected chi connectivity index (χ3v) is 2.54. The minimum absolute atomic E-state index is 0. The molecule has 102 valence electrons. The first-order valence-electron chi connectivity index (χ1n) is 5.90. The lowest BCUT2D eigenvalue weighted by molar-refractivity contribution is -0.116. The molecule has 0 saturated heterocycles. The number of nitrogens with two attached hydrogens (primary N) is 1. The SMILES string of the molecule is CCCCCC(=O)Nc1cc(OC)ccc1N.Cl. The van der Waals surface area contributed by atoms with Crippen molar-refractivity contribution in [2.45, 2.75) is 32.6 Å². The maximum Gasteiger partial charge on any atom is 0.224 e. The number of anilines is 2. The Balaban J connectivity index is 0.00000289. The van der Waals surface area contributed by atoms with Gasteiger partial charge >= 0.3 is 0 Å². The second-order valence-electron chi connectivity index (χ2n) is 3.96. The standard InChI is InChI=1S/C13H20N2O2.ClH/c1-3-4-5-6-13(16)15-12-9-10(17-2)7-8-11(12)14;/h7-9H,3-6,14H2,1-2H3,(H,15,16);1H. The lowest BCUT2D eigenvalue weighted by Gasteiger charge is -2.09. The first-order chi connectivity index (χ1) is 8.17. The van der Waals surface area contributed by atoms with Crippen LogP contribution >= 0.6 is 12.4 Å². The van der Waals surface area contributed by atoms with Gasteiger partial charge in [0, 0.05) is 12.5 Å². The van der Waals surface area contributed by atoms with Gasteiger partial charge in [-0.05, 0) is 18.6 Å². The molecule has 0 aliphatic rings. The Morgan fingerprint density at radius 1 is 1.39 bits per heavy atom. The van der Waals surface area contributed by atoms with Crippen molar-refractivity contribution in [2.24, 2.45) is 0 Å². The molecule has 0 aliphatic heterocycles. The summed E-state index contributed by atoms with van der Waals surface area (Å²) in [6.45, 7) is 2.11. The summed E-state index contributed by atoms with van der Waals surface area (Å²) in [6, 6.07) is 5.22. The largest absolute Gasteiger partial charge is 0.497 e. The molecule has 0 saturated carbocycles. The van der Waals surface area contributed by atoms with E-state index in [1.807, 2.05) is 0 Å². The number of unbranched alkanes of at least 4 members (excludes halogenated alkanes) is 2. The van der Waals surface area contributed by atoms with Crippen LogP contribution in [0.3, 0.4) is 0 Å². The Bertz CT molecular complexity index is 383. The van der Waals surface area contributed by atoms with E-state index in [0.29, 0.717) is 23.5 Å². The fourth-order valence-electron chi connectivity index (χ4n) is 1.52. The quantitative estimate of drug-likeness (QED) is 0.617. The van der Waals surface area contributed by atoms with Crippen molar-refractivity contribution in [3.05, 3.63) is 18.2 Å². The van der Waals surface area contributed by atoms with E-state index in [9.17, 15) is 4.79 Å². The Kier molecular flexibility index (Phi) is 7.96. The van der Waals surface area contributed by atoms with Crippen molar-refractivity contribution in [2.75, 3.05) is 18.2 Å². The van der Waals surface area contributed by atoms with Gasteiger partial charge in [0.2, 0.25) is 5.91 Å². The van der Waals surface area contributed by atoms with Gasteiger partial charge in [0.1, 0.15) is 5.75 Å². The maximum atomic E-state index is 11.6. The second kappa shape index (κ2) is 8.64. The first kappa shape index (κ1) is 16.6. The fraction of sp³-hybridized carbons (Fsp3) is 0.462. The van der Waals surface area contributed by atoms with Gasteiger partial charge in [-0.15, -0.1) is 12.4 Å². The van der Waals surface area contributed by atoms with Crippen LogP contribution < -0.4 is 15.8 Å². The molecule has 1 aromatic carbocycles. The number of hydrogen-bond donors (Lipinski definition) is 2. The summed E-state index contributed by atoms with van der Waals surface area (Å²) in [4.78, 5) is 11.6. The molecule has 1 amide bonds. The van der Waals surface area contributed by atoms with Crippen molar-refractivity contribution in [3.63, 3.8) is 0 Å². The number of carbonyl (C=O) groups excluding carboxylic acids is 1. The van der Waals surface area contributed by atoms with E-state index in [0.717, 1.165) is 19.3 Å². The van der Waals surface area contributed by atoms with Crippen molar-refractivity contribution in [1.82, 2.24) is 0 Å². The van der Waals surface area contributed by atoms with Crippen LogP contribution in [-0.4, -0.2) is 13.0 Å². The molecule has 0 spiro atoms. The lowest BCUT2D eigenvalue weighted by Crippen LogP contribution is -2.12. The molecular formula is C13H21ClN2O2. The van der Waals surface area contributed by atoms with E-state index >= 15 is 0 Å². The summed E-state index contributed by atoms with van der Waals surface area (Å²) in [5.41, 5.74) is 6.94. The van der Waals surface area contributed by atoms with Crippen LogP contribution in [0.5, 0.6) is 5.75 Å². The maximum absolute atomic E-state index is 11.6. The number of halogens is 1. The zero-order chi connectivity index (χ0) is 12.7. The number of nitrogen functional groups attached to an aromatic ring is 1. The third kappa shape index (κ3) is 5.27. The highest BCUT2D eigenvalue weighted by molar-refractivity contribution is 5.94. The average molecular weight is 273 g/mol. The normalized spacial score (nSPS) is 9.44. The number of rotatable bonds is 6. The number of methoxy groups -OCH3 is 1. The smallest absolute Gasteiger partial charge is 0.224 e. The molecule has 3 N–H and O–H groups in total. The van der Waals surface area contributed by atoms with Crippen LogP contribution in [0.2, 0.25) is 0 Å². The molecule has 18 heavy (non-hydrogen) atoms. The van der Waals surface area contributed by atoms with E-state index in [1.54, 1.807) is 25.3 Å². The Hall–Kier alpha value is -1.42. The van der Waals surface area contributed by atoms with Gasteiger partial charge in [0.05, 0.1) is 18.5 Å². The van der Waals surface area contributed by atoms with Gasteiger partial charge in [-0.3, -0.25) is 4.79 Å². The van der Waals surface area contributed by atoms with Gasteiger partial charge < -0.3 is 15.8 Å². The molecule has 1 aromatic rings. The molecule has 0 atom stereocenters. The zero-order valence-corrected chi connectivity index (χ0v) is 11.7. The van der Waals surface area contributed by atoms with Gasteiger partial charge in [-0.1, -0.05) is 19.8 Å². The highest BCUT2D eigenvalue weighted by Gasteiger charge is 2.06. The molecule has 0 unspecified atom stereocenters. The van der Waals surface area contributed by atoms with E-state index in [1.165, 1.54) is 0 Å². The molecule has 1 rings (SSSR count). The summed E-state index contributed by atoms with van der Waals surface area (Å²) >= 11 is 0. The van der Waals surface area contributed by atoms with E-state index in [4.69, 9.17) is 10.5 Å². The van der Waals surface area contributed by atoms with Crippen molar-refractivity contribution in [1.29, 1.82) is 0 Å². The van der Waals surface area contributed by atoms with Crippen LogP contribution in [-0.2, 0) is 4.79 Å². The number of carbonyl (C=O) groups is 1. The lowest BCUT2D eigenvalue weighted by atomic mass is 10.2. The number of hydrogen-bond acceptors (Lipinski definition) is 3. The topological polar surface area (TPSA) is 64.3 Å². The number of amides is 1. The summed E-state index contributed by atoms with van der Waals surface area (Å²) in [5, 5.41) is 2.80. The molecule has 0 aromatic heterocycles. The summed E-state index contributed by atoms with van der Waals surface area (Å²) in [6.07, 6.45) is 3.62. The Morgan fingerprint density at radius 3 is 2.72 bits per heavy atom. The fourth-order valence-corrected chi connectivity index (χ4v) is 1.52. The minimum atomic E-state index is -0.00148. The molecule has 0 fully saturated rings. The van der Waals surface area contributed by atoms with Crippen LogP contribution in [0.1, 0.15) is 32.6 Å². The summed E-state index contributed by atoms with van der Waals surface area (Å²) in [5.74, 6) is 0.682. The molecule has 0 heterocycles. The minimum Gasteiger partial charge on any atom is -0.497 e. The second-order valence-corrected chi connectivity index (χ2v) is 3.96. The van der Waals surface area contributed by atoms with E-state index < -0.39 is 0 Å². The number of ether oxygens (including phenoxy) is 1. The van der Waals surface area contributed by atoms with Crippen molar-refractivity contribution >= 4 is 29.7 Å². The van der Waals surface area contributed by atoms with Crippen LogP contribution in [0, 0.1) is 0 Å². The van der Waals surface area contributed by atoms with E-state index in [-0.39, 0.29) is 18.3 Å². The first-order valence-corrected chi connectivity index (χ1v) is 5.90. The molecule has 5 heteroatoms. The third-order valence-electron chi connectivity index (χ3n) is 2.54. The Morgan fingerprint density at radius 2 is 2.11 bits per heavy atom. The predicted molar refractivity (Wildman–Crippen MR) is 77.4 cm³/mol. The van der Waals surface area contributed by atoms with Gasteiger partial charge in [0.15, 0.2) is 0 Å². The van der Waals surface area contributed by atoms with Crippen molar-refractivity contribution < 1.29 is 9.53 Å². The van der Waals surface area contributed by atoms with Gasteiger partial charge in [-0.25, -0.2) is 0 Å². The zero-order valence-electron chi connectivity index (χ0n) is 10.9. The van der Waals surface area contributed by atoms with Crippen LogP contribution in [0.25, 0.3) is 0 Å². The summed E-state index contributed by atoms with van der Waals surface area (Å²) < 4.78 is 5.08. The van der Waals surface area contributed by atoms with Crippen LogP contribution in [0.15, 0.2) is 18.2 Å². The number of nitrogens with one attached hydrogen (secondary N) is 1. The molecule has 4 nitrogen and oxygen atoms in total. The highest BCUT2D eigenvalue weighted by atomic mass is 35.5. The average Bonchev–Trinajstić information content (AvgIpc) is 2.32. The molecule has 0 bridgehead atoms. The summed E-state index contributed by atoms with van der Waals surface area (Å²) in [7, 11) is 1.58. The molecule has 0 aliphatic carbocycles. The van der Waals surface area contributed by atoms with Crippen molar-refractivity contribution in [3.8, 4) is 5.75 Å². The van der Waals surface area contributed by atoms with Gasteiger partial charge in [0.25, 0.3) is 0 Å². The molecule has 0 radical (unpaired) electrons. The number of benzene rings is 1. The van der Waals surface area contributed by atoms with E-state index in [2.05, 4.69) is 12.2 Å². The Labute approximate surface area is 114 Å². The van der Waals surface area contributed by atoms with Crippen LogP contribution in [0.4, 0.5) is 11.4 Å². The predicted octanol–water partition coefficient (Wildman–Crippen LogP) is 3.22. The van der Waals surface area contributed by atoms with Gasteiger partial charge in [-0.2, -0.15) is 0 Å².